The molecule has 1 heterocycles. The Balaban J connectivity index is 1.54. The van der Waals surface area contributed by atoms with Crippen molar-refractivity contribution < 1.29 is 19.1 Å². The van der Waals surface area contributed by atoms with Crippen LogP contribution in [0.3, 0.4) is 0 Å². The van der Waals surface area contributed by atoms with Crippen LogP contribution < -0.4 is 15.0 Å². The van der Waals surface area contributed by atoms with E-state index in [2.05, 4.69) is 5.32 Å². The molecule has 0 bridgehead atoms. The van der Waals surface area contributed by atoms with E-state index >= 15 is 0 Å². The number of ether oxygens (including phenoxy) is 1. The van der Waals surface area contributed by atoms with Crippen LogP contribution in [0.2, 0.25) is 10.0 Å². The van der Waals surface area contributed by atoms with Gasteiger partial charge in [0.15, 0.2) is 6.61 Å². The molecule has 0 radical (unpaired) electrons. The van der Waals surface area contributed by atoms with Gasteiger partial charge in [-0.1, -0.05) is 30.1 Å². The molecule has 0 saturated carbocycles. The Morgan fingerprint density at radius 2 is 1.91 bits per heavy atom. The number of rotatable bonds is 9. The van der Waals surface area contributed by atoms with Crippen LogP contribution in [0, 0.1) is 0 Å². The SMILES string of the molecule is CCCN(CC(=O)Nc1cc(Cl)ccc1Cl)C(=O)COc1ccc(N2CCCC2=O)cc1. The Bertz CT molecular complexity index is 982. The molecule has 0 aromatic heterocycles. The van der Waals surface area contributed by atoms with Gasteiger partial charge in [-0.2, -0.15) is 0 Å². The molecule has 1 fully saturated rings. The molecule has 170 valence electrons. The van der Waals surface area contributed by atoms with Crippen molar-refractivity contribution in [2.75, 3.05) is 36.5 Å². The molecule has 3 rings (SSSR count). The second kappa shape index (κ2) is 11.2. The topological polar surface area (TPSA) is 79.0 Å². The monoisotopic (exact) mass is 477 g/mol. The molecule has 1 aliphatic heterocycles. The molecule has 0 atom stereocenters. The van der Waals surface area contributed by atoms with E-state index in [0.717, 1.165) is 12.1 Å². The first-order chi connectivity index (χ1) is 15.4. The predicted molar refractivity (Wildman–Crippen MR) is 125 cm³/mol. The largest absolute Gasteiger partial charge is 0.484 e. The van der Waals surface area contributed by atoms with Crippen molar-refractivity contribution in [3.63, 3.8) is 0 Å². The number of benzene rings is 2. The minimum absolute atomic E-state index is 0.112. The third kappa shape index (κ3) is 6.37. The van der Waals surface area contributed by atoms with Gasteiger partial charge in [0.2, 0.25) is 11.8 Å². The van der Waals surface area contributed by atoms with Crippen molar-refractivity contribution in [2.24, 2.45) is 0 Å². The van der Waals surface area contributed by atoms with E-state index in [9.17, 15) is 14.4 Å². The van der Waals surface area contributed by atoms with E-state index < -0.39 is 0 Å². The van der Waals surface area contributed by atoms with Crippen LogP contribution in [0.1, 0.15) is 26.2 Å². The Labute approximate surface area is 197 Å². The molecule has 9 heteroatoms. The molecule has 0 spiro atoms. The molecule has 1 aliphatic rings. The maximum Gasteiger partial charge on any atom is 0.260 e. The number of carbonyl (C=O) groups excluding carboxylic acids is 3. The minimum atomic E-state index is -0.379. The van der Waals surface area contributed by atoms with Gasteiger partial charge in [0.1, 0.15) is 5.75 Å². The van der Waals surface area contributed by atoms with Crippen molar-refractivity contribution >= 4 is 52.3 Å². The average molecular weight is 478 g/mol. The number of carbonyl (C=O) groups is 3. The summed E-state index contributed by atoms with van der Waals surface area (Å²) < 4.78 is 5.61. The summed E-state index contributed by atoms with van der Waals surface area (Å²) in [5.74, 6) is -0.0599. The molecule has 7 nitrogen and oxygen atoms in total. The highest BCUT2D eigenvalue weighted by molar-refractivity contribution is 6.35. The number of halogens is 2. The van der Waals surface area contributed by atoms with Crippen molar-refractivity contribution in [3.05, 3.63) is 52.5 Å². The van der Waals surface area contributed by atoms with Crippen molar-refractivity contribution in [1.82, 2.24) is 4.90 Å². The number of anilines is 2. The third-order valence-corrected chi connectivity index (χ3v) is 5.53. The van der Waals surface area contributed by atoms with Crippen LogP contribution in [0.15, 0.2) is 42.5 Å². The third-order valence-electron chi connectivity index (χ3n) is 4.97. The molecule has 1 N–H and O–H groups in total. The highest BCUT2D eigenvalue weighted by Crippen LogP contribution is 2.26. The van der Waals surface area contributed by atoms with Crippen LogP contribution in [-0.4, -0.2) is 48.9 Å². The first kappa shape index (κ1) is 23.9. The number of hydrogen-bond donors (Lipinski definition) is 1. The van der Waals surface area contributed by atoms with Gasteiger partial charge in [0.25, 0.3) is 5.91 Å². The molecule has 2 aromatic carbocycles. The first-order valence-corrected chi connectivity index (χ1v) is 11.2. The summed E-state index contributed by atoms with van der Waals surface area (Å²) >= 11 is 12.0. The van der Waals surface area contributed by atoms with E-state index in [1.54, 1.807) is 47.4 Å². The Hall–Kier alpha value is -2.77. The number of nitrogens with zero attached hydrogens (tertiary/aromatic N) is 2. The maximum absolute atomic E-state index is 12.7. The van der Waals surface area contributed by atoms with E-state index in [4.69, 9.17) is 27.9 Å². The van der Waals surface area contributed by atoms with Crippen molar-refractivity contribution in [1.29, 1.82) is 0 Å². The second-order valence-corrected chi connectivity index (χ2v) is 8.26. The number of amides is 3. The minimum Gasteiger partial charge on any atom is -0.484 e. The summed E-state index contributed by atoms with van der Waals surface area (Å²) in [6.45, 7) is 2.72. The fraction of sp³-hybridized carbons (Fsp3) is 0.348. The normalized spacial score (nSPS) is 13.2. The molecule has 32 heavy (non-hydrogen) atoms. The van der Waals surface area contributed by atoms with Gasteiger partial charge in [0, 0.05) is 30.2 Å². The standard InChI is InChI=1S/C23H25Cl2N3O4/c1-2-11-27(14-21(29)26-20-13-16(24)5-10-19(20)25)23(31)15-32-18-8-6-17(7-9-18)28-12-3-4-22(28)30/h5-10,13H,2-4,11-12,14-15H2,1H3,(H,26,29). The van der Waals surface area contributed by atoms with Gasteiger partial charge < -0.3 is 19.9 Å². The zero-order valence-electron chi connectivity index (χ0n) is 17.8. The molecule has 0 unspecified atom stereocenters. The molecular formula is C23H25Cl2N3O4. The van der Waals surface area contributed by atoms with Gasteiger partial charge in [-0.05, 0) is 55.3 Å². The van der Waals surface area contributed by atoms with Crippen LogP contribution in [0.25, 0.3) is 0 Å². The maximum atomic E-state index is 12.7. The Morgan fingerprint density at radius 3 is 2.56 bits per heavy atom. The van der Waals surface area contributed by atoms with Gasteiger partial charge in [-0.3, -0.25) is 14.4 Å². The molecule has 3 amide bonds. The second-order valence-electron chi connectivity index (χ2n) is 7.42. The zero-order valence-corrected chi connectivity index (χ0v) is 19.3. The van der Waals surface area contributed by atoms with Gasteiger partial charge in [0.05, 0.1) is 17.3 Å². The fourth-order valence-electron chi connectivity index (χ4n) is 3.40. The fourth-order valence-corrected chi connectivity index (χ4v) is 3.73. The van der Waals surface area contributed by atoms with Crippen LogP contribution >= 0.6 is 23.2 Å². The summed E-state index contributed by atoms with van der Waals surface area (Å²) in [4.78, 5) is 40.1. The van der Waals surface area contributed by atoms with Crippen LogP contribution in [0.5, 0.6) is 5.75 Å². The van der Waals surface area contributed by atoms with Gasteiger partial charge in [-0.25, -0.2) is 0 Å². The van der Waals surface area contributed by atoms with E-state index in [0.29, 0.717) is 47.4 Å². The smallest absolute Gasteiger partial charge is 0.260 e. The lowest BCUT2D eigenvalue weighted by atomic mass is 10.3. The quantitative estimate of drug-likeness (QED) is 0.581. The van der Waals surface area contributed by atoms with Gasteiger partial charge >= 0.3 is 0 Å². The lowest BCUT2D eigenvalue weighted by Crippen LogP contribution is -2.41. The summed E-state index contributed by atoms with van der Waals surface area (Å²) in [6.07, 6.45) is 2.11. The predicted octanol–water partition coefficient (Wildman–Crippen LogP) is 4.38. The van der Waals surface area contributed by atoms with Crippen molar-refractivity contribution in [3.8, 4) is 5.75 Å². The Kier molecular flexibility index (Phi) is 8.36. The van der Waals surface area contributed by atoms with Crippen molar-refractivity contribution in [2.45, 2.75) is 26.2 Å². The van der Waals surface area contributed by atoms with Crippen LogP contribution in [-0.2, 0) is 14.4 Å². The highest BCUT2D eigenvalue weighted by atomic mass is 35.5. The van der Waals surface area contributed by atoms with E-state index in [1.165, 1.54) is 4.90 Å². The van der Waals surface area contributed by atoms with E-state index in [-0.39, 0.29) is 30.9 Å². The summed E-state index contributed by atoms with van der Waals surface area (Å²) in [5.41, 5.74) is 1.20. The molecule has 0 aliphatic carbocycles. The summed E-state index contributed by atoms with van der Waals surface area (Å²) in [6, 6.07) is 11.8. The zero-order chi connectivity index (χ0) is 23.1. The molecule has 1 saturated heterocycles. The Morgan fingerprint density at radius 1 is 1.16 bits per heavy atom. The number of hydrogen-bond acceptors (Lipinski definition) is 4. The lowest BCUT2D eigenvalue weighted by molar-refractivity contribution is -0.136. The van der Waals surface area contributed by atoms with Crippen LogP contribution in [0.4, 0.5) is 11.4 Å². The summed E-state index contributed by atoms with van der Waals surface area (Å²) in [5, 5.41) is 3.49. The molecular weight excluding hydrogens is 453 g/mol. The molecule has 2 aromatic rings. The average Bonchev–Trinajstić information content (AvgIpc) is 3.20. The van der Waals surface area contributed by atoms with E-state index in [1.807, 2.05) is 6.92 Å². The lowest BCUT2D eigenvalue weighted by Gasteiger charge is -2.22. The first-order valence-electron chi connectivity index (χ1n) is 10.4. The highest BCUT2D eigenvalue weighted by Gasteiger charge is 2.22. The number of nitrogens with one attached hydrogen (secondary N) is 1. The van der Waals surface area contributed by atoms with Gasteiger partial charge in [-0.15, -0.1) is 0 Å². The summed E-state index contributed by atoms with van der Waals surface area (Å²) in [7, 11) is 0.